The van der Waals surface area contributed by atoms with E-state index in [1.807, 2.05) is 27.8 Å². The van der Waals surface area contributed by atoms with Gasteiger partial charge in [-0.3, -0.25) is 14.6 Å². The molecule has 6 nitrogen and oxygen atoms in total. The van der Waals surface area contributed by atoms with Crippen molar-refractivity contribution in [2.75, 3.05) is 31.6 Å². The van der Waals surface area contributed by atoms with Gasteiger partial charge in [0, 0.05) is 43.3 Å². The molecule has 136 valence electrons. The third-order valence-electron chi connectivity index (χ3n) is 5.44. The summed E-state index contributed by atoms with van der Waals surface area (Å²) in [6.45, 7) is 2.32. The molecule has 2 aliphatic heterocycles. The van der Waals surface area contributed by atoms with Gasteiger partial charge in [0.25, 0.3) is 5.91 Å². The Labute approximate surface area is 156 Å². The first kappa shape index (κ1) is 17.2. The van der Waals surface area contributed by atoms with E-state index in [1.165, 1.54) is 11.3 Å². The van der Waals surface area contributed by atoms with E-state index in [2.05, 4.69) is 10.3 Å². The molecule has 2 amide bonds. The van der Waals surface area contributed by atoms with Crippen LogP contribution in [-0.4, -0.2) is 48.0 Å². The highest BCUT2D eigenvalue weighted by atomic mass is 32.1. The number of nitrogens with one attached hydrogen (secondary N) is 1. The number of nitrogens with zero attached hydrogens (tertiary/aromatic N) is 2. The van der Waals surface area contributed by atoms with Crippen LogP contribution in [0.1, 0.15) is 23.2 Å². The van der Waals surface area contributed by atoms with Crippen molar-refractivity contribution in [3.05, 3.63) is 46.9 Å². The van der Waals surface area contributed by atoms with E-state index in [0.717, 1.165) is 12.8 Å². The van der Waals surface area contributed by atoms with Gasteiger partial charge in [-0.15, -0.1) is 0 Å². The Balaban J connectivity index is 1.56. The number of aromatic nitrogens is 1. The van der Waals surface area contributed by atoms with Gasteiger partial charge in [-0.1, -0.05) is 0 Å². The smallest absolute Gasteiger partial charge is 0.254 e. The van der Waals surface area contributed by atoms with Gasteiger partial charge in [-0.25, -0.2) is 0 Å². The topological polar surface area (TPSA) is 71.5 Å². The SMILES string of the molecule is O=C(Nc1cccnc1)C1CN(C(=O)c2ccsc2)CC12CCOCC2. The molecule has 1 spiro atoms. The number of rotatable bonds is 3. The number of hydrogen-bond acceptors (Lipinski definition) is 5. The molecule has 0 aliphatic carbocycles. The second-order valence-electron chi connectivity index (χ2n) is 6.96. The maximum absolute atomic E-state index is 13.0. The molecule has 2 saturated heterocycles. The Hall–Kier alpha value is -2.25. The van der Waals surface area contributed by atoms with Crippen molar-refractivity contribution in [3.63, 3.8) is 0 Å². The summed E-state index contributed by atoms with van der Waals surface area (Å²) in [6, 6.07) is 5.46. The lowest BCUT2D eigenvalue weighted by atomic mass is 9.71. The minimum atomic E-state index is -0.241. The molecule has 0 bridgehead atoms. The number of likely N-dealkylation sites (tertiary alicyclic amines) is 1. The molecule has 0 radical (unpaired) electrons. The standard InChI is InChI=1S/C19H21N3O3S/c23-17(21-15-2-1-6-20-10-15)16-11-22(18(24)14-3-9-26-12-14)13-19(16)4-7-25-8-5-19/h1-3,6,9-10,12,16H,4-5,7-8,11,13H2,(H,21,23). The molecule has 1 N–H and O–H groups in total. The quantitative estimate of drug-likeness (QED) is 0.900. The fraction of sp³-hybridized carbons (Fsp3) is 0.421. The summed E-state index contributed by atoms with van der Waals surface area (Å²) in [4.78, 5) is 31.7. The number of ether oxygens (including phenoxy) is 1. The molecule has 4 rings (SSSR count). The van der Waals surface area contributed by atoms with E-state index in [9.17, 15) is 9.59 Å². The fourth-order valence-corrected chi connectivity index (χ4v) is 4.63. The minimum absolute atomic E-state index is 0.00814. The molecule has 7 heteroatoms. The number of thiophene rings is 1. The monoisotopic (exact) mass is 371 g/mol. The lowest BCUT2D eigenvalue weighted by Crippen LogP contribution is -2.42. The Morgan fingerprint density at radius 2 is 2.15 bits per heavy atom. The average molecular weight is 371 g/mol. The second-order valence-corrected chi connectivity index (χ2v) is 7.74. The van der Waals surface area contributed by atoms with Crippen molar-refractivity contribution in [2.24, 2.45) is 11.3 Å². The minimum Gasteiger partial charge on any atom is -0.381 e. The van der Waals surface area contributed by atoms with Gasteiger partial charge in [-0.05, 0) is 36.4 Å². The van der Waals surface area contributed by atoms with Gasteiger partial charge < -0.3 is 15.0 Å². The molecule has 2 aliphatic rings. The van der Waals surface area contributed by atoms with E-state index >= 15 is 0 Å². The van der Waals surface area contributed by atoms with Gasteiger partial charge >= 0.3 is 0 Å². The van der Waals surface area contributed by atoms with Crippen molar-refractivity contribution < 1.29 is 14.3 Å². The number of hydrogen-bond donors (Lipinski definition) is 1. The van der Waals surface area contributed by atoms with Crippen molar-refractivity contribution in [1.29, 1.82) is 0 Å². The van der Waals surface area contributed by atoms with E-state index in [-0.39, 0.29) is 23.1 Å². The Morgan fingerprint density at radius 3 is 2.85 bits per heavy atom. The van der Waals surface area contributed by atoms with Crippen LogP contribution in [0.25, 0.3) is 0 Å². The lowest BCUT2D eigenvalue weighted by molar-refractivity contribution is -0.124. The van der Waals surface area contributed by atoms with Gasteiger partial charge in [0.15, 0.2) is 0 Å². The lowest BCUT2D eigenvalue weighted by Gasteiger charge is -2.37. The van der Waals surface area contributed by atoms with E-state index in [0.29, 0.717) is 37.6 Å². The summed E-state index contributed by atoms with van der Waals surface area (Å²) in [5.41, 5.74) is 1.17. The summed E-state index contributed by atoms with van der Waals surface area (Å²) in [5.74, 6) is -0.275. The number of carbonyl (C=O) groups is 2. The molecular weight excluding hydrogens is 350 g/mol. The predicted octanol–water partition coefficient (Wildman–Crippen LogP) is 2.65. The van der Waals surface area contributed by atoms with Crippen molar-refractivity contribution in [1.82, 2.24) is 9.88 Å². The number of carbonyl (C=O) groups excluding carboxylic acids is 2. The molecular formula is C19H21N3O3S. The predicted molar refractivity (Wildman–Crippen MR) is 99.1 cm³/mol. The van der Waals surface area contributed by atoms with Crippen LogP contribution in [0.15, 0.2) is 41.4 Å². The van der Waals surface area contributed by atoms with E-state index < -0.39 is 0 Å². The summed E-state index contributed by atoms with van der Waals surface area (Å²) in [6.07, 6.45) is 4.90. The normalized spacial score (nSPS) is 21.7. The largest absolute Gasteiger partial charge is 0.381 e. The van der Waals surface area contributed by atoms with Crippen molar-refractivity contribution >= 4 is 28.8 Å². The summed E-state index contributed by atoms with van der Waals surface area (Å²) in [7, 11) is 0. The molecule has 4 heterocycles. The second kappa shape index (κ2) is 7.17. The Morgan fingerprint density at radius 1 is 1.31 bits per heavy atom. The van der Waals surface area contributed by atoms with Crippen LogP contribution < -0.4 is 5.32 Å². The number of anilines is 1. The van der Waals surface area contributed by atoms with Crippen LogP contribution in [0.2, 0.25) is 0 Å². The number of amides is 2. The van der Waals surface area contributed by atoms with Crippen LogP contribution in [0.5, 0.6) is 0 Å². The van der Waals surface area contributed by atoms with Crippen LogP contribution in [0.4, 0.5) is 5.69 Å². The molecule has 0 aromatic carbocycles. The van der Waals surface area contributed by atoms with Crippen LogP contribution in [-0.2, 0) is 9.53 Å². The maximum Gasteiger partial charge on any atom is 0.254 e. The van der Waals surface area contributed by atoms with E-state index in [1.54, 1.807) is 18.5 Å². The van der Waals surface area contributed by atoms with Crippen molar-refractivity contribution in [2.45, 2.75) is 12.8 Å². The molecule has 2 fully saturated rings. The maximum atomic E-state index is 13.0. The molecule has 1 unspecified atom stereocenters. The highest BCUT2D eigenvalue weighted by molar-refractivity contribution is 7.08. The Bertz CT molecular complexity index is 773. The third-order valence-corrected chi connectivity index (χ3v) is 6.12. The molecule has 1 atom stereocenters. The first-order chi connectivity index (χ1) is 12.7. The summed E-state index contributed by atoms with van der Waals surface area (Å²) >= 11 is 1.51. The van der Waals surface area contributed by atoms with Crippen LogP contribution in [0.3, 0.4) is 0 Å². The Kier molecular flexibility index (Phi) is 4.74. The zero-order chi connectivity index (χ0) is 18.0. The number of pyridine rings is 1. The summed E-state index contributed by atoms with van der Waals surface area (Å²) in [5, 5.41) is 6.74. The van der Waals surface area contributed by atoms with E-state index in [4.69, 9.17) is 4.74 Å². The average Bonchev–Trinajstić information content (AvgIpc) is 3.31. The van der Waals surface area contributed by atoms with Crippen LogP contribution >= 0.6 is 11.3 Å². The first-order valence-electron chi connectivity index (χ1n) is 8.78. The zero-order valence-corrected chi connectivity index (χ0v) is 15.2. The molecule has 26 heavy (non-hydrogen) atoms. The summed E-state index contributed by atoms with van der Waals surface area (Å²) < 4.78 is 5.53. The molecule has 2 aromatic rings. The van der Waals surface area contributed by atoms with Gasteiger partial charge in [0.1, 0.15) is 0 Å². The third kappa shape index (κ3) is 3.24. The fourth-order valence-electron chi connectivity index (χ4n) is 4.00. The highest BCUT2D eigenvalue weighted by Crippen LogP contribution is 2.45. The highest BCUT2D eigenvalue weighted by Gasteiger charge is 2.51. The molecule has 0 saturated carbocycles. The van der Waals surface area contributed by atoms with Gasteiger partial charge in [-0.2, -0.15) is 11.3 Å². The van der Waals surface area contributed by atoms with Crippen LogP contribution in [0, 0.1) is 11.3 Å². The zero-order valence-electron chi connectivity index (χ0n) is 14.4. The molecule has 2 aromatic heterocycles. The first-order valence-corrected chi connectivity index (χ1v) is 9.72. The van der Waals surface area contributed by atoms with Gasteiger partial charge in [0.05, 0.1) is 23.4 Å². The van der Waals surface area contributed by atoms with Crippen molar-refractivity contribution in [3.8, 4) is 0 Å². The van der Waals surface area contributed by atoms with Gasteiger partial charge in [0.2, 0.25) is 5.91 Å².